The van der Waals surface area contributed by atoms with Crippen LogP contribution in [0.5, 0.6) is 5.75 Å². The van der Waals surface area contributed by atoms with Crippen molar-refractivity contribution in [3.05, 3.63) is 90.9 Å². The number of fused-ring (bicyclic) bond motifs is 2. The van der Waals surface area contributed by atoms with Gasteiger partial charge < -0.3 is 19.9 Å². The van der Waals surface area contributed by atoms with Crippen molar-refractivity contribution in [1.29, 1.82) is 0 Å². The quantitative estimate of drug-likeness (QED) is 0.314. The van der Waals surface area contributed by atoms with Crippen LogP contribution >= 0.6 is 0 Å². The lowest BCUT2D eigenvalue weighted by molar-refractivity contribution is 0.171. The molecule has 1 aliphatic rings. The third-order valence-electron chi connectivity index (χ3n) is 6.43. The first-order chi connectivity index (χ1) is 16.7. The van der Waals surface area contributed by atoms with Gasteiger partial charge in [-0.2, -0.15) is 0 Å². The van der Waals surface area contributed by atoms with Crippen LogP contribution in [0, 0.1) is 5.82 Å². The van der Waals surface area contributed by atoms with Gasteiger partial charge in [0.05, 0.1) is 11.0 Å². The lowest BCUT2D eigenvalue weighted by atomic mass is 10.1. The normalized spacial score (nSPS) is 14.6. The highest BCUT2D eigenvalue weighted by Gasteiger charge is 2.22. The smallest absolute Gasteiger partial charge is 0.148 e. The standard InChI is InChI=1S/C28H25FN4O/c29-24-18-30-26-16-19(10-11-22(24)26)31-28-17-27(23-8-4-5-9-25(23)32-28)33-14-12-21(13-15-33)34-20-6-2-1-3-7-20/h1-11,16-18,21,30H,12-15H2,(H,31,32). The maximum atomic E-state index is 13.8. The molecule has 1 aliphatic heterocycles. The first-order valence-corrected chi connectivity index (χ1v) is 11.6. The van der Waals surface area contributed by atoms with Gasteiger partial charge in [-0.3, -0.25) is 0 Å². The van der Waals surface area contributed by atoms with Crippen molar-refractivity contribution in [3.8, 4) is 5.75 Å². The monoisotopic (exact) mass is 452 g/mol. The number of hydrogen-bond acceptors (Lipinski definition) is 4. The van der Waals surface area contributed by atoms with Gasteiger partial charge in [0.25, 0.3) is 0 Å². The van der Waals surface area contributed by atoms with Gasteiger partial charge in [-0.25, -0.2) is 9.37 Å². The number of H-pyrrole nitrogens is 1. The second-order valence-electron chi connectivity index (χ2n) is 8.68. The van der Waals surface area contributed by atoms with E-state index in [1.165, 1.54) is 11.9 Å². The van der Waals surface area contributed by atoms with E-state index in [4.69, 9.17) is 9.72 Å². The van der Waals surface area contributed by atoms with Gasteiger partial charge in [0, 0.05) is 60.3 Å². The molecule has 5 aromatic rings. The summed E-state index contributed by atoms with van der Waals surface area (Å²) in [6.07, 6.45) is 3.52. The molecule has 0 spiro atoms. The van der Waals surface area contributed by atoms with Crippen molar-refractivity contribution in [3.63, 3.8) is 0 Å². The van der Waals surface area contributed by atoms with Gasteiger partial charge in [-0.15, -0.1) is 0 Å². The Balaban J connectivity index is 1.25. The molecule has 3 aromatic carbocycles. The number of nitrogens with one attached hydrogen (secondary N) is 2. The third-order valence-corrected chi connectivity index (χ3v) is 6.43. The molecule has 2 N–H and O–H groups in total. The average molecular weight is 453 g/mol. The number of anilines is 3. The maximum Gasteiger partial charge on any atom is 0.148 e. The number of aromatic nitrogens is 2. The second kappa shape index (κ2) is 8.71. The minimum atomic E-state index is -0.243. The zero-order valence-corrected chi connectivity index (χ0v) is 18.7. The predicted octanol–water partition coefficient (Wildman–Crippen LogP) is 6.65. The molecule has 1 fully saturated rings. The van der Waals surface area contributed by atoms with Crippen molar-refractivity contribution >= 4 is 39.0 Å². The fraction of sp³-hybridized carbons (Fsp3) is 0.179. The highest BCUT2D eigenvalue weighted by Crippen LogP contribution is 2.33. The van der Waals surface area contributed by atoms with Crippen LogP contribution in [0.2, 0.25) is 0 Å². The number of para-hydroxylation sites is 2. The highest BCUT2D eigenvalue weighted by atomic mass is 19.1. The van der Waals surface area contributed by atoms with Gasteiger partial charge in [-0.1, -0.05) is 36.4 Å². The summed E-state index contributed by atoms with van der Waals surface area (Å²) >= 11 is 0. The van der Waals surface area contributed by atoms with Gasteiger partial charge in [-0.05, 0) is 36.4 Å². The number of rotatable bonds is 5. The molecule has 5 nitrogen and oxygen atoms in total. The molecule has 0 unspecified atom stereocenters. The van der Waals surface area contributed by atoms with E-state index >= 15 is 0 Å². The molecule has 0 bridgehead atoms. The summed E-state index contributed by atoms with van der Waals surface area (Å²) < 4.78 is 20.0. The summed E-state index contributed by atoms with van der Waals surface area (Å²) in [4.78, 5) is 10.2. The van der Waals surface area contributed by atoms with Crippen molar-refractivity contribution < 1.29 is 9.13 Å². The summed E-state index contributed by atoms with van der Waals surface area (Å²) in [5.41, 5.74) is 3.72. The van der Waals surface area contributed by atoms with E-state index < -0.39 is 0 Å². The van der Waals surface area contributed by atoms with Gasteiger partial charge >= 0.3 is 0 Å². The average Bonchev–Trinajstić information content (AvgIpc) is 3.24. The van der Waals surface area contributed by atoms with E-state index in [2.05, 4.69) is 33.4 Å². The zero-order chi connectivity index (χ0) is 22.9. The summed E-state index contributed by atoms with van der Waals surface area (Å²) in [5, 5.41) is 5.13. The number of piperidine rings is 1. The van der Waals surface area contributed by atoms with Crippen LogP contribution in [0.15, 0.2) is 85.1 Å². The topological polar surface area (TPSA) is 53.2 Å². The third kappa shape index (κ3) is 4.03. The molecule has 34 heavy (non-hydrogen) atoms. The van der Waals surface area contributed by atoms with E-state index in [0.29, 0.717) is 5.39 Å². The number of ether oxygens (including phenoxy) is 1. The molecule has 6 rings (SSSR count). The first-order valence-electron chi connectivity index (χ1n) is 11.6. The second-order valence-corrected chi connectivity index (χ2v) is 8.68. The molecule has 0 amide bonds. The summed E-state index contributed by atoms with van der Waals surface area (Å²) in [7, 11) is 0. The predicted molar refractivity (Wildman–Crippen MR) is 136 cm³/mol. The summed E-state index contributed by atoms with van der Waals surface area (Å²) in [6.45, 7) is 1.83. The lowest BCUT2D eigenvalue weighted by Gasteiger charge is -2.34. The van der Waals surface area contributed by atoms with Crippen LogP contribution in [-0.2, 0) is 0 Å². The SMILES string of the molecule is Fc1c[nH]c2cc(Nc3cc(N4CCC(Oc5ccccc5)CC4)c4ccccc4n3)ccc12. The number of nitrogens with zero attached hydrogens (tertiary/aromatic N) is 2. The molecule has 6 heteroatoms. The van der Waals surface area contributed by atoms with Crippen molar-refractivity contribution in [1.82, 2.24) is 9.97 Å². The Kier molecular flexibility index (Phi) is 5.26. The van der Waals surface area contributed by atoms with Crippen molar-refractivity contribution in [2.45, 2.75) is 18.9 Å². The number of pyridine rings is 1. The fourth-order valence-corrected chi connectivity index (χ4v) is 4.71. The molecular weight excluding hydrogens is 427 g/mol. The Morgan fingerprint density at radius 3 is 2.56 bits per heavy atom. The summed E-state index contributed by atoms with van der Waals surface area (Å²) in [5.74, 6) is 1.45. The molecule has 0 saturated carbocycles. The molecule has 170 valence electrons. The Morgan fingerprint density at radius 1 is 0.912 bits per heavy atom. The van der Waals surface area contributed by atoms with E-state index in [1.54, 1.807) is 6.07 Å². The molecule has 2 aromatic heterocycles. The molecule has 0 atom stereocenters. The lowest BCUT2D eigenvalue weighted by Crippen LogP contribution is -2.38. The van der Waals surface area contributed by atoms with E-state index in [0.717, 1.165) is 59.6 Å². The number of aromatic amines is 1. The largest absolute Gasteiger partial charge is 0.490 e. The molecule has 0 radical (unpaired) electrons. The zero-order valence-electron chi connectivity index (χ0n) is 18.7. The van der Waals surface area contributed by atoms with Gasteiger partial charge in [0.2, 0.25) is 0 Å². The number of halogens is 1. The molecule has 0 aliphatic carbocycles. The Bertz CT molecular complexity index is 1440. The van der Waals surface area contributed by atoms with Crippen LogP contribution < -0.4 is 15.0 Å². The van der Waals surface area contributed by atoms with Crippen LogP contribution in [0.3, 0.4) is 0 Å². The first kappa shape index (κ1) is 20.5. The number of benzene rings is 3. The Hall–Kier alpha value is -4.06. The van der Waals surface area contributed by atoms with Crippen LogP contribution in [-0.4, -0.2) is 29.2 Å². The van der Waals surface area contributed by atoms with E-state index in [9.17, 15) is 4.39 Å². The fourth-order valence-electron chi connectivity index (χ4n) is 4.71. The molecule has 3 heterocycles. The molecular formula is C28H25FN4O. The Labute approximate surface area is 197 Å². The highest BCUT2D eigenvalue weighted by molar-refractivity contribution is 5.94. The van der Waals surface area contributed by atoms with E-state index in [1.807, 2.05) is 54.6 Å². The molecule has 1 saturated heterocycles. The maximum absolute atomic E-state index is 13.8. The Morgan fingerprint density at radius 2 is 1.71 bits per heavy atom. The minimum absolute atomic E-state index is 0.220. The van der Waals surface area contributed by atoms with Crippen molar-refractivity contribution in [2.24, 2.45) is 0 Å². The van der Waals surface area contributed by atoms with Crippen molar-refractivity contribution in [2.75, 3.05) is 23.3 Å². The minimum Gasteiger partial charge on any atom is -0.490 e. The van der Waals surface area contributed by atoms with E-state index in [-0.39, 0.29) is 11.9 Å². The van der Waals surface area contributed by atoms with Crippen LogP contribution in [0.1, 0.15) is 12.8 Å². The van der Waals surface area contributed by atoms with Gasteiger partial charge in [0.1, 0.15) is 23.5 Å². The van der Waals surface area contributed by atoms with Crippen LogP contribution in [0.25, 0.3) is 21.8 Å². The number of hydrogen-bond donors (Lipinski definition) is 2. The summed E-state index contributed by atoms with van der Waals surface area (Å²) in [6, 6.07) is 25.9. The van der Waals surface area contributed by atoms with Gasteiger partial charge in [0.15, 0.2) is 0 Å². The van der Waals surface area contributed by atoms with Crippen LogP contribution in [0.4, 0.5) is 21.6 Å².